The van der Waals surface area contributed by atoms with Gasteiger partial charge >= 0.3 is 0 Å². The minimum atomic E-state index is 0.283. The maximum atomic E-state index is 9.82. The molecule has 0 aromatic heterocycles. The number of halogens is 1. The van der Waals surface area contributed by atoms with Crippen molar-refractivity contribution in [3.8, 4) is 5.75 Å². The molecule has 0 radical (unpaired) electrons. The summed E-state index contributed by atoms with van der Waals surface area (Å²) in [6.45, 7) is 2.80. The molecule has 1 heterocycles. The Labute approximate surface area is 114 Å². The summed E-state index contributed by atoms with van der Waals surface area (Å²) >= 11 is 6.11. The predicted molar refractivity (Wildman–Crippen MR) is 75.1 cm³/mol. The summed E-state index contributed by atoms with van der Waals surface area (Å²) in [5, 5.41) is 14.0. The minimum Gasteiger partial charge on any atom is -0.508 e. The van der Waals surface area contributed by atoms with Gasteiger partial charge in [-0.2, -0.15) is 0 Å². The molecule has 4 heteroatoms. The summed E-state index contributed by atoms with van der Waals surface area (Å²) in [5.41, 5.74) is 0.817. The Morgan fingerprint density at radius 1 is 1.44 bits per heavy atom. The Morgan fingerprint density at radius 3 is 2.94 bits per heavy atom. The molecule has 0 saturated carbocycles. The molecule has 1 atom stereocenters. The average molecular weight is 269 g/mol. The molecule has 0 amide bonds. The normalized spacial score (nSPS) is 20.3. The zero-order chi connectivity index (χ0) is 13.0. The second-order valence-electron chi connectivity index (χ2n) is 5.08. The van der Waals surface area contributed by atoms with E-state index in [4.69, 9.17) is 11.6 Å². The molecular weight excluding hydrogens is 248 g/mol. The number of nitrogens with zero attached hydrogens (tertiary/aromatic N) is 1. The first-order chi connectivity index (χ1) is 8.66. The van der Waals surface area contributed by atoms with Crippen molar-refractivity contribution in [3.63, 3.8) is 0 Å². The Balaban J connectivity index is 1.92. The molecule has 100 valence electrons. The molecule has 2 rings (SSSR count). The highest BCUT2D eigenvalue weighted by Gasteiger charge is 2.16. The maximum Gasteiger partial charge on any atom is 0.121 e. The van der Waals surface area contributed by atoms with E-state index in [1.54, 1.807) is 12.1 Å². The van der Waals surface area contributed by atoms with Gasteiger partial charge in [0.15, 0.2) is 0 Å². The van der Waals surface area contributed by atoms with Crippen LogP contribution < -0.4 is 5.32 Å². The van der Waals surface area contributed by atoms with Gasteiger partial charge in [0.25, 0.3) is 0 Å². The lowest BCUT2D eigenvalue weighted by Crippen LogP contribution is -2.42. The molecule has 2 N–H and O–H groups in total. The number of rotatable bonds is 4. The molecule has 1 aliphatic heterocycles. The maximum absolute atomic E-state index is 9.82. The lowest BCUT2D eigenvalue weighted by atomic mass is 10.0. The molecule has 0 spiro atoms. The Hall–Kier alpha value is -0.770. The zero-order valence-electron chi connectivity index (χ0n) is 10.8. The second kappa shape index (κ2) is 6.41. The number of likely N-dealkylation sites (N-methyl/N-ethyl adjacent to an activating group) is 1. The first-order valence-corrected chi connectivity index (χ1v) is 6.93. The van der Waals surface area contributed by atoms with Crippen LogP contribution in [-0.4, -0.2) is 36.2 Å². The number of aromatic hydroxyl groups is 1. The van der Waals surface area contributed by atoms with E-state index in [1.807, 2.05) is 6.07 Å². The third kappa shape index (κ3) is 3.61. The van der Waals surface area contributed by atoms with Crippen LogP contribution in [-0.2, 0) is 6.54 Å². The van der Waals surface area contributed by atoms with Crippen LogP contribution in [0, 0.1) is 0 Å². The van der Waals surface area contributed by atoms with Crippen LogP contribution in [0.25, 0.3) is 0 Å². The first kappa shape index (κ1) is 13.7. The van der Waals surface area contributed by atoms with Crippen molar-refractivity contribution >= 4 is 11.6 Å². The van der Waals surface area contributed by atoms with E-state index in [-0.39, 0.29) is 5.75 Å². The van der Waals surface area contributed by atoms with Crippen LogP contribution >= 0.6 is 11.6 Å². The number of phenolic OH excluding ortho intramolecular Hbond substituents is 1. The Kier molecular flexibility index (Phi) is 4.87. The molecule has 18 heavy (non-hydrogen) atoms. The zero-order valence-corrected chi connectivity index (χ0v) is 11.6. The molecular formula is C14H21ClN2O. The van der Waals surface area contributed by atoms with E-state index < -0.39 is 0 Å². The third-order valence-corrected chi connectivity index (χ3v) is 3.82. The molecule has 0 bridgehead atoms. The molecule has 1 saturated heterocycles. The summed E-state index contributed by atoms with van der Waals surface area (Å²) in [7, 11) is 2.07. The lowest BCUT2D eigenvalue weighted by molar-refractivity contribution is 0.254. The fourth-order valence-electron chi connectivity index (χ4n) is 2.49. The van der Waals surface area contributed by atoms with E-state index >= 15 is 0 Å². The summed E-state index contributed by atoms with van der Waals surface area (Å²) in [5.74, 6) is 0.283. The van der Waals surface area contributed by atoms with Gasteiger partial charge in [0, 0.05) is 29.7 Å². The van der Waals surface area contributed by atoms with Crippen LogP contribution in [0.15, 0.2) is 18.2 Å². The monoisotopic (exact) mass is 268 g/mol. The third-order valence-electron chi connectivity index (χ3n) is 3.47. The molecule has 1 aliphatic rings. The van der Waals surface area contributed by atoms with Crippen LogP contribution in [0.4, 0.5) is 0 Å². The number of piperidine rings is 1. The highest BCUT2D eigenvalue weighted by atomic mass is 35.5. The van der Waals surface area contributed by atoms with Crippen LogP contribution in [0.5, 0.6) is 5.75 Å². The van der Waals surface area contributed by atoms with E-state index in [0.717, 1.165) is 18.7 Å². The van der Waals surface area contributed by atoms with Crippen molar-refractivity contribution in [3.05, 3.63) is 28.8 Å². The number of nitrogens with one attached hydrogen (secondary N) is 1. The van der Waals surface area contributed by atoms with E-state index in [9.17, 15) is 5.11 Å². The standard InChI is InChI=1S/C14H21ClN2O/c1-17(9-11-5-2-3-8-16-11)10-12-13(15)6-4-7-14(12)18/h4,6-7,11,16,18H,2-3,5,8-10H2,1H3. The van der Waals surface area contributed by atoms with Gasteiger partial charge < -0.3 is 15.3 Å². The fourth-order valence-corrected chi connectivity index (χ4v) is 2.72. The van der Waals surface area contributed by atoms with Crippen LogP contribution in [0.3, 0.4) is 0 Å². The van der Waals surface area contributed by atoms with Gasteiger partial charge in [0.1, 0.15) is 5.75 Å². The largest absolute Gasteiger partial charge is 0.508 e. The van der Waals surface area contributed by atoms with Crippen LogP contribution in [0.2, 0.25) is 5.02 Å². The van der Waals surface area contributed by atoms with Crippen molar-refractivity contribution in [2.45, 2.75) is 31.8 Å². The van der Waals surface area contributed by atoms with E-state index in [2.05, 4.69) is 17.3 Å². The van der Waals surface area contributed by atoms with Crippen molar-refractivity contribution in [1.29, 1.82) is 0 Å². The van der Waals surface area contributed by atoms with Gasteiger partial charge in [-0.05, 0) is 38.6 Å². The van der Waals surface area contributed by atoms with Crippen molar-refractivity contribution in [2.75, 3.05) is 20.1 Å². The Morgan fingerprint density at radius 2 is 2.28 bits per heavy atom. The molecule has 3 nitrogen and oxygen atoms in total. The predicted octanol–water partition coefficient (Wildman–Crippen LogP) is 2.62. The quantitative estimate of drug-likeness (QED) is 0.881. The number of hydrogen-bond donors (Lipinski definition) is 2. The number of hydrogen-bond acceptors (Lipinski definition) is 3. The van der Waals surface area contributed by atoms with Gasteiger partial charge in [0.05, 0.1) is 0 Å². The highest BCUT2D eigenvalue weighted by molar-refractivity contribution is 6.31. The van der Waals surface area contributed by atoms with Crippen LogP contribution in [0.1, 0.15) is 24.8 Å². The van der Waals surface area contributed by atoms with Crippen molar-refractivity contribution in [1.82, 2.24) is 10.2 Å². The summed E-state index contributed by atoms with van der Waals surface area (Å²) < 4.78 is 0. The average Bonchev–Trinajstić information content (AvgIpc) is 2.35. The second-order valence-corrected chi connectivity index (χ2v) is 5.49. The molecule has 1 fully saturated rings. The molecule has 1 aromatic rings. The lowest BCUT2D eigenvalue weighted by Gasteiger charge is -2.28. The molecule has 0 aliphatic carbocycles. The van der Waals surface area contributed by atoms with Gasteiger partial charge in [0.2, 0.25) is 0 Å². The van der Waals surface area contributed by atoms with Gasteiger partial charge in [-0.25, -0.2) is 0 Å². The topological polar surface area (TPSA) is 35.5 Å². The number of phenols is 1. The summed E-state index contributed by atoms with van der Waals surface area (Å²) in [6.07, 6.45) is 3.83. The van der Waals surface area contributed by atoms with Gasteiger partial charge in [-0.3, -0.25) is 0 Å². The highest BCUT2D eigenvalue weighted by Crippen LogP contribution is 2.26. The van der Waals surface area contributed by atoms with Crippen molar-refractivity contribution < 1.29 is 5.11 Å². The van der Waals surface area contributed by atoms with E-state index in [1.165, 1.54) is 19.3 Å². The SMILES string of the molecule is CN(Cc1c(O)cccc1Cl)CC1CCCCN1. The first-order valence-electron chi connectivity index (χ1n) is 6.55. The van der Waals surface area contributed by atoms with Crippen molar-refractivity contribution in [2.24, 2.45) is 0 Å². The minimum absolute atomic E-state index is 0.283. The fraction of sp³-hybridized carbons (Fsp3) is 0.571. The summed E-state index contributed by atoms with van der Waals surface area (Å²) in [4.78, 5) is 2.21. The van der Waals surface area contributed by atoms with Gasteiger partial charge in [-0.15, -0.1) is 0 Å². The van der Waals surface area contributed by atoms with Gasteiger partial charge in [-0.1, -0.05) is 24.1 Å². The van der Waals surface area contributed by atoms with E-state index in [0.29, 0.717) is 17.6 Å². The Bertz CT molecular complexity index is 371. The molecule has 1 unspecified atom stereocenters. The smallest absolute Gasteiger partial charge is 0.121 e. The summed E-state index contributed by atoms with van der Waals surface area (Å²) in [6, 6.07) is 5.84. The number of benzene rings is 1. The molecule has 1 aromatic carbocycles.